The van der Waals surface area contributed by atoms with Crippen LogP contribution in [0.5, 0.6) is 0 Å². The molecule has 0 radical (unpaired) electrons. The summed E-state index contributed by atoms with van der Waals surface area (Å²) in [4.78, 5) is 37.7. The lowest BCUT2D eigenvalue weighted by Crippen LogP contribution is -2.30. The summed E-state index contributed by atoms with van der Waals surface area (Å²) in [7, 11) is 0. The molecule has 0 aromatic heterocycles. The minimum Gasteiger partial charge on any atom is -0.462 e. The van der Waals surface area contributed by atoms with Gasteiger partial charge >= 0.3 is 17.9 Å². The first-order valence-electron chi connectivity index (χ1n) is 22.9. The van der Waals surface area contributed by atoms with Crippen LogP contribution in [0.3, 0.4) is 0 Å². The fourth-order valence-corrected chi connectivity index (χ4v) is 5.64. The lowest BCUT2D eigenvalue weighted by molar-refractivity contribution is -0.166. The highest BCUT2D eigenvalue weighted by atomic mass is 16.6. The van der Waals surface area contributed by atoms with Gasteiger partial charge in [0.1, 0.15) is 13.2 Å². The maximum atomic E-state index is 12.7. The number of esters is 3. The Morgan fingerprint density at radius 2 is 0.707 bits per heavy atom. The average Bonchev–Trinajstić information content (AvgIpc) is 3.22. The van der Waals surface area contributed by atoms with Crippen LogP contribution in [0.4, 0.5) is 0 Å². The molecule has 6 nitrogen and oxygen atoms in total. The molecule has 0 bridgehead atoms. The Balaban J connectivity index is 4.61. The molecule has 0 heterocycles. The van der Waals surface area contributed by atoms with Crippen molar-refractivity contribution in [1.82, 2.24) is 0 Å². The van der Waals surface area contributed by atoms with Gasteiger partial charge < -0.3 is 14.2 Å². The smallest absolute Gasteiger partial charge is 0.306 e. The lowest BCUT2D eigenvalue weighted by Gasteiger charge is -2.18. The molecular weight excluding hydrogens is 721 g/mol. The molecule has 1 atom stereocenters. The Morgan fingerprint density at radius 1 is 0.362 bits per heavy atom. The van der Waals surface area contributed by atoms with E-state index in [0.717, 1.165) is 83.5 Å². The van der Waals surface area contributed by atoms with Crippen molar-refractivity contribution >= 4 is 17.9 Å². The van der Waals surface area contributed by atoms with E-state index in [9.17, 15) is 14.4 Å². The molecule has 0 aromatic rings. The SMILES string of the molecule is CC/C=C\C/C=C\C/C=C\C/C=C\CCC(=O)OCC(COC(=O)CCCCCCC/C=C\CCCCCCC)OC(=O)CC/C=C\C/C=C\C/C=C\C/C=C\CC. The van der Waals surface area contributed by atoms with Crippen LogP contribution in [-0.4, -0.2) is 37.2 Å². The van der Waals surface area contributed by atoms with E-state index in [-0.39, 0.29) is 38.0 Å². The number of carbonyl (C=O) groups is 3. The highest BCUT2D eigenvalue weighted by Gasteiger charge is 2.19. The first kappa shape index (κ1) is 54.1. The lowest BCUT2D eigenvalue weighted by atomic mass is 10.1. The van der Waals surface area contributed by atoms with Crippen LogP contribution in [0.1, 0.15) is 181 Å². The second-order valence-electron chi connectivity index (χ2n) is 14.5. The van der Waals surface area contributed by atoms with E-state index in [1.165, 1.54) is 44.9 Å². The predicted octanol–water partition coefficient (Wildman–Crippen LogP) is 14.8. The summed E-state index contributed by atoms with van der Waals surface area (Å²) >= 11 is 0. The molecule has 0 aliphatic heterocycles. The van der Waals surface area contributed by atoms with Gasteiger partial charge in [0.15, 0.2) is 6.10 Å². The van der Waals surface area contributed by atoms with Crippen molar-refractivity contribution < 1.29 is 28.6 Å². The molecule has 0 fully saturated rings. The van der Waals surface area contributed by atoms with Crippen molar-refractivity contribution in [2.24, 2.45) is 0 Å². The Kier molecular flexibility index (Phi) is 42.7. The molecule has 1 unspecified atom stereocenters. The minimum atomic E-state index is -0.848. The number of hydrogen-bond donors (Lipinski definition) is 0. The topological polar surface area (TPSA) is 78.9 Å². The van der Waals surface area contributed by atoms with Gasteiger partial charge in [0.2, 0.25) is 0 Å². The van der Waals surface area contributed by atoms with Crippen LogP contribution in [0, 0.1) is 0 Å². The third-order valence-electron chi connectivity index (χ3n) is 9.02. The van der Waals surface area contributed by atoms with Crippen LogP contribution >= 0.6 is 0 Å². The van der Waals surface area contributed by atoms with Crippen LogP contribution in [0.2, 0.25) is 0 Å². The fourth-order valence-electron chi connectivity index (χ4n) is 5.64. The Hall–Kier alpha value is -3.93. The molecule has 0 saturated carbocycles. The average molecular weight is 803 g/mol. The maximum Gasteiger partial charge on any atom is 0.306 e. The standard InChI is InChI=1S/C52H82O6/c1-4-7-10-13-16-19-22-25-28-30-33-36-39-42-45-51(54)57-48-49(58-52(55)46-43-40-37-34-31-27-24-21-18-15-12-9-6-3)47-56-50(53)44-41-38-35-32-29-26-23-20-17-14-11-8-5-2/h8-9,11-12,17-18,20-22,25-27,29,31,35,37-38,40,49H,4-7,10,13-16,19,23-24,28,30,32-34,36,39,41-48H2,1-3H3/b11-8-,12-9-,20-17-,21-18-,25-22-,29-26-,31-27-,38-35-,40-37-. The summed E-state index contributed by atoms with van der Waals surface area (Å²) in [6, 6.07) is 0. The number of allylic oxidation sites excluding steroid dienone is 18. The first-order valence-corrected chi connectivity index (χ1v) is 22.9. The number of unbranched alkanes of at least 4 members (excludes halogenated alkanes) is 10. The number of rotatable bonds is 39. The second-order valence-corrected chi connectivity index (χ2v) is 14.5. The predicted molar refractivity (Wildman–Crippen MR) is 247 cm³/mol. The highest BCUT2D eigenvalue weighted by Crippen LogP contribution is 2.11. The summed E-state index contributed by atoms with van der Waals surface area (Å²) in [5.41, 5.74) is 0. The van der Waals surface area contributed by atoms with E-state index in [0.29, 0.717) is 19.3 Å². The molecule has 58 heavy (non-hydrogen) atoms. The Bertz CT molecular complexity index is 1240. The van der Waals surface area contributed by atoms with Gasteiger partial charge in [-0.05, 0) is 96.3 Å². The zero-order chi connectivity index (χ0) is 42.3. The van der Waals surface area contributed by atoms with Gasteiger partial charge in [-0.2, -0.15) is 0 Å². The summed E-state index contributed by atoms with van der Waals surface area (Å²) in [6.07, 6.45) is 61.0. The van der Waals surface area contributed by atoms with E-state index in [4.69, 9.17) is 14.2 Å². The van der Waals surface area contributed by atoms with Crippen LogP contribution in [0.25, 0.3) is 0 Å². The van der Waals surface area contributed by atoms with Gasteiger partial charge in [0.05, 0.1) is 0 Å². The Morgan fingerprint density at radius 3 is 1.16 bits per heavy atom. The van der Waals surface area contributed by atoms with E-state index in [1.807, 2.05) is 24.3 Å². The van der Waals surface area contributed by atoms with Gasteiger partial charge in [0.25, 0.3) is 0 Å². The number of carbonyl (C=O) groups excluding carboxylic acids is 3. The monoisotopic (exact) mass is 803 g/mol. The summed E-state index contributed by atoms with van der Waals surface area (Å²) in [6.45, 7) is 6.23. The van der Waals surface area contributed by atoms with Gasteiger partial charge in [-0.3, -0.25) is 14.4 Å². The van der Waals surface area contributed by atoms with Gasteiger partial charge in [-0.25, -0.2) is 0 Å². The minimum absolute atomic E-state index is 0.135. The van der Waals surface area contributed by atoms with E-state index < -0.39 is 12.1 Å². The summed E-state index contributed by atoms with van der Waals surface area (Å²) in [5.74, 6) is -1.12. The van der Waals surface area contributed by atoms with Crippen LogP contribution in [0.15, 0.2) is 109 Å². The third kappa shape index (κ3) is 43.2. The van der Waals surface area contributed by atoms with Crippen molar-refractivity contribution in [1.29, 1.82) is 0 Å². The van der Waals surface area contributed by atoms with Gasteiger partial charge in [-0.1, -0.05) is 175 Å². The summed E-state index contributed by atoms with van der Waals surface area (Å²) < 4.78 is 16.6. The largest absolute Gasteiger partial charge is 0.462 e. The zero-order valence-electron chi connectivity index (χ0n) is 37.0. The van der Waals surface area contributed by atoms with Gasteiger partial charge in [-0.15, -0.1) is 0 Å². The molecule has 0 N–H and O–H groups in total. The molecule has 0 spiro atoms. The molecule has 0 rings (SSSR count). The van der Waals surface area contributed by atoms with Crippen LogP contribution in [-0.2, 0) is 28.6 Å². The summed E-state index contributed by atoms with van der Waals surface area (Å²) in [5, 5.41) is 0. The van der Waals surface area contributed by atoms with E-state index in [2.05, 4.69) is 106 Å². The van der Waals surface area contributed by atoms with Crippen molar-refractivity contribution in [2.75, 3.05) is 13.2 Å². The highest BCUT2D eigenvalue weighted by molar-refractivity contribution is 5.71. The first-order chi connectivity index (χ1) is 28.5. The molecule has 0 amide bonds. The normalized spacial score (nSPS) is 13.1. The quantitative estimate of drug-likeness (QED) is 0.0267. The maximum absolute atomic E-state index is 12.7. The van der Waals surface area contributed by atoms with Crippen molar-refractivity contribution in [3.05, 3.63) is 109 Å². The third-order valence-corrected chi connectivity index (χ3v) is 9.02. The zero-order valence-corrected chi connectivity index (χ0v) is 37.0. The van der Waals surface area contributed by atoms with E-state index in [1.54, 1.807) is 0 Å². The van der Waals surface area contributed by atoms with Gasteiger partial charge in [0, 0.05) is 19.3 Å². The fraction of sp³-hybridized carbons (Fsp3) is 0.596. The molecular formula is C52H82O6. The second kappa shape index (κ2) is 45.8. The Labute approximate surface area is 355 Å². The number of hydrogen-bond acceptors (Lipinski definition) is 6. The molecule has 0 aromatic carbocycles. The molecule has 326 valence electrons. The molecule has 6 heteroatoms. The molecule has 0 aliphatic carbocycles. The van der Waals surface area contributed by atoms with Crippen LogP contribution < -0.4 is 0 Å². The molecule has 0 aliphatic rings. The molecule has 0 saturated heterocycles. The van der Waals surface area contributed by atoms with E-state index >= 15 is 0 Å². The number of ether oxygens (including phenoxy) is 3. The van der Waals surface area contributed by atoms with Crippen molar-refractivity contribution in [2.45, 2.75) is 187 Å². The van der Waals surface area contributed by atoms with Crippen molar-refractivity contribution in [3.63, 3.8) is 0 Å². The van der Waals surface area contributed by atoms with Crippen molar-refractivity contribution in [3.8, 4) is 0 Å².